The van der Waals surface area contributed by atoms with Crippen LogP contribution in [0.4, 0.5) is 5.95 Å². The lowest BCUT2D eigenvalue weighted by atomic mass is 10.2. The van der Waals surface area contributed by atoms with Gasteiger partial charge in [0, 0.05) is 11.9 Å². The topological polar surface area (TPSA) is 54.9 Å². The maximum absolute atomic E-state index is 12.0. The van der Waals surface area contributed by atoms with Crippen molar-refractivity contribution in [1.29, 1.82) is 0 Å². The summed E-state index contributed by atoms with van der Waals surface area (Å²) in [6.07, 6.45) is 2.48. The van der Waals surface area contributed by atoms with E-state index in [4.69, 9.17) is 0 Å². The molecule has 17 heavy (non-hydrogen) atoms. The lowest BCUT2D eigenvalue weighted by Gasteiger charge is -2.03. The molecule has 0 saturated heterocycles. The number of nitrogens with one attached hydrogen (secondary N) is 1. The van der Waals surface area contributed by atoms with Gasteiger partial charge in [0.1, 0.15) is 0 Å². The Labute approximate surface area is 104 Å². The smallest absolute Gasteiger partial charge is 0.268 e. The summed E-state index contributed by atoms with van der Waals surface area (Å²) in [5.74, 6) is 0.216. The third-order valence-corrected chi connectivity index (χ3v) is 3.31. The van der Waals surface area contributed by atoms with Crippen LogP contribution >= 0.6 is 11.3 Å². The third kappa shape index (κ3) is 2.68. The van der Waals surface area contributed by atoms with Gasteiger partial charge >= 0.3 is 0 Å². The van der Waals surface area contributed by atoms with Crippen molar-refractivity contribution in [3.05, 3.63) is 39.8 Å². The Hall–Kier alpha value is -1.75. The predicted octanol–water partition coefficient (Wildman–Crippen LogP) is 2.66. The summed E-state index contributed by atoms with van der Waals surface area (Å²) in [6, 6.07) is 3.76. The highest BCUT2D eigenvalue weighted by Gasteiger charge is 2.13. The van der Waals surface area contributed by atoms with Crippen LogP contribution in [0, 0.1) is 6.92 Å². The molecule has 2 aromatic rings. The molecule has 0 atom stereocenters. The molecule has 0 radical (unpaired) electrons. The number of aromatic nitrogens is 2. The average molecular weight is 247 g/mol. The highest BCUT2D eigenvalue weighted by atomic mass is 32.1. The second-order valence-electron chi connectivity index (χ2n) is 3.60. The van der Waals surface area contributed by atoms with Crippen molar-refractivity contribution in [1.82, 2.24) is 9.97 Å². The average Bonchev–Trinajstić information content (AvgIpc) is 2.77. The zero-order valence-corrected chi connectivity index (χ0v) is 10.5. The molecule has 1 amide bonds. The van der Waals surface area contributed by atoms with E-state index in [1.165, 1.54) is 11.3 Å². The third-order valence-electron chi connectivity index (χ3n) is 2.35. The Balaban J connectivity index is 2.17. The van der Waals surface area contributed by atoms with E-state index in [0.29, 0.717) is 5.95 Å². The number of hydrogen-bond donors (Lipinski definition) is 1. The highest BCUT2D eigenvalue weighted by molar-refractivity contribution is 7.12. The van der Waals surface area contributed by atoms with Crippen LogP contribution in [-0.4, -0.2) is 15.9 Å². The second-order valence-corrected chi connectivity index (χ2v) is 4.52. The van der Waals surface area contributed by atoms with E-state index in [-0.39, 0.29) is 5.91 Å². The monoisotopic (exact) mass is 247 g/mol. The van der Waals surface area contributed by atoms with E-state index < -0.39 is 0 Å². The number of carbonyl (C=O) groups excluding carboxylic acids is 1. The Morgan fingerprint density at radius 3 is 3.00 bits per heavy atom. The number of rotatable bonds is 3. The quantitative estimate of drug-likeness (QED) is 0.907. The number of aryl methyl sites for hydroxylation is 2. The van der Waals surface area contributed by atoms with Gasteiger partial charge in [0.05, 0.1) is 4.88 Å². The molecule has 0 spiro atoms. The molecule has 0 saturated carbocycles. The molecule has 0 unspecified atom stereocenters. The molecule has 0 aliphatic carbocycles. The van der Waals surface area contributed by atoms with Gasteiger partial charge in [-0.3, -0.25) is 10.1 Å². The molecule has 88 valence electrons. The van der Waals surface area contributed by atoms with Crippen molar-refractivity contribution in [2.24, 2.45) is 0 Å². The molecular weight excluding hydrogens is 234 g/mol. The molecule has 2 aromatic heterocycles. The van der Waals surface area contributed by atoms with Crippen molar-refractivity contribution >= 4 is 23.2 Å². The standard InChI is InChI=1S/C12H13N3OS/c1-3-9-5-7-17-10(9)11(16)15-12-13-6-4-8(2)14-12/h4-7H,3H2,1-2H3,(H,13,14,15,16). The first kappa shape index (κ1) is 11.7. The molecule has 0 aliphatic rings. The summed E-state index contributed by atoms with van der Waals surface area (Å²) in [4.78, 5) is 20.9. The Kier molecular flexibility index (Phi) is 3.49. The van der Waals surface area contributed by atoms with Gasteiger partial charge in [-0.1, -0.05) is 6.92 Å². The number of nitrogens with zero attached hydrogens (tertiary/aromatic N) is 2. The maximum Gasteiger partial charge on any atom is 0.268 e. The van der Waals surface area contributed by atoms with E-state index in [9.17, 15) is 4.79 Å². The number of hydrogen-bond acceptors (Lipinski definition) is 4. The van der Waals surface area contributed by atoms with Crippen LogP contribution in [0.2, 0.25) is 0 Å². The van der Waals surface area contributed by atoms with Crippen molar-refractivity contribution < 1.29 is 4.79 Å². The highest BCUT2D eigenvalue weighted by Crippen LogP contribution is 2.18. The van der Waals surface area contributed by atoms with Gasteiger partial charge in [0.25, 0.3) is 5.91 Å². The first-order chi connectivity index (χ1) is 8.20. The maximum atomic E-state index is 12.0. The van der Waals surface area contributed by atoms with E-state index >= 15 is 0 Å². The second kappa shape index (κ2) is 5.05. The lowest BCUT2D eigenvalue weighted by Crippen LogP contribution is -2.14. The Morgan fingerprint density at radius 1 is 1.47 bits per heavy atom. The summed E-state index contributed by atoms with van der Waals surface area (Å²) >= 11 is 1.44. The van der Waals surface area contributed by atoms with Gasteiger partial charge in [-0.15, -0.1) is 11.3 Å². The fourth-order valence-corrected chi connectivity index (χ4v) is 2.37. The van der Waals surface area contributed by atoms with Crippen LogP contribution in [0.25, 0.3) is 0 Å². The number of anilines is 1. The number of thiophene rings is 1. The van der Waals surface area contributed by atoms with E-state index in [1.807, 2.05) is 25.3 Å². The number of amides is 1. The zero-order chi connectivity index (χ0) is 12.3. The van der Waals surface area contributed by atoms with Crippen LogP contribution in [0.1, 0.15) is 27.9 Å². The molecule has 1 N–H and O–H groups in total. The van der Waals surface area contributed by atoms with Crippen molar-refractivity contribution in [2.45, 2.75) is 20.3 Å². The SMILES string of the molecule is CCc1ccsc1C(=O)Nc1nccc(C)n1. The summed E-state index contributed by atoms with van der Waals surface area (Å²) < 4.78 is 0. The summed E-state index contributed by atoms with van der Waals surface area (Å²) in [5.41, 5.74) is 1.89. The van der Waals surface area contributed by atoms with E-state index in [0.717, 1.165) is 22.6 Å². The normalized spacial score (nSPS) is 10.2. The zero-order valence-electron chi connectivity index (χ0n) is 9.73. The van der Waals surface area contributed by atoms with E-state index in [1.54, 1.807) is 12.3 Å². The lowest BCUT2D eigenvalue weighted by molar-refractivity contribution is 0.102. The van der Waals surface area contributed by atoms with Gasteiger partial charge in [0.15, 0.2) is 0 Å². The molecule has 0 aliphatic heterocycles. The minimum atomic E-state index is -0.137. The van der Waals surface area contributed by atoms with Crippen LogP contribution in [0.3, 0.4) is 0 Å². The van der Waals surface area contributed by atoms with Crippen LogP contribution in [0.5, 0.6) is 0 Å². The fourth-order valence-electron chi connectivity index (χ4n) is 1.48. The molecule has 0 aromatic carbocycles. The molecule has 4 nitrogen and oxygen atoms in total. The molecule has 2 heterocycles. The molecular formula is C12H13N3OS. The summed E-state index contributed by atoms with van der Waals surface area (Å²) in [6.45, 7) is 3.89. The molecule has 5 heteroatoms. The largest absolute Gasteiger partial charge is 0.290 e. The van der Waals surface area contributed by atoms with Crippen LogP contribution < -0.4 is 5.32 Å². The van der Waals surface area contributed by atoms with Crippen molar-refractivity contribution in [3.63, 3.8) is 0 Å². The van der Waals surface area contributed by atoms with Crippen LogP contribution in [0.15, 0.2) is 23.7 Å². The number of carbonyl (C=O) groups is 1. The summed E-state index contributed by atoms with van der Waals surface area (Å²) in [5, 5.41) is 4.63. The Morgan fingerprint density at radius 2 is 2.29 bits per heavy atom. The van der Waals surface area contributed by atoms with Crippen molar-refractivity contribution in [3.8, 4) is 0 Å². The molecule has 0 bridgehead atoms. The van der Waals surface area contributed by atoms with E-state index in [2.05, 4.69) is 15.3 Å². The first-order valence-corrected chi connectivity index (χ1v) is 6.26. The predicted molar refractivity (Wildman–Crippen MR) is 68.4 cm³/mol. The first-order valence-electron chi connectivity index (χ1n) is 5.38. The molecule has 2 rings (SSSR count). The van der Waals surface area contributed by atoms with Crippen LogP contribution in [-0.2, 0) is 6.42 Å². The van der Waals surface area contributed by atoms with Crippen molar-refractivity contribution in [2.75, 3.05) is 5.32 Å². The van der Waals surface area contributed by atoms with Gasteiger partial charge < -0.3 is 0 Å². The molecule has 0 fully saturated rings. The summed E-state index contributed by atoms with van der Waals surface area (Å²) in [7, 11) is 0. The Bertz CT molecular complexity index is 536. The fraction of sp³-hybridized carbons (Fsp3) is 0.250. The van der Waals surface area contributed by atoms with Gasteiger partial charge in [-0.05, 0) is 36.4 Å². The van der Waals surface area contributed by atoms with Gasteiger partial charge in [-0.2, -0.15) is 0 Å². The minimum Gasteiger partial charge on any atom is -0.290 e. The van der Waals surface area contributed by atoms with Gasteiger partial charge in [-0.25, -0.2) is 9.97 Å². The van der Waals surface area contributed by atoms with Gasteiger partial charge in [0.2, 0.25) is 5.95 Å². The minimum absolute atomic E-state index is 0.137.